The third-order valence-corrected chi connectivity index (χ3v) is 4.09. The molecular formula is C16H26N2O. The second kappa shape index (κ2) is 6.40. The van der Waals surface area contributed by atoms with Gasteiger partial charge < -0.3 is 15.0 Å². The van der Waals surface area contributed by atoms with E-state index in [9.17, 15) is 0 Å². The van der Waals surface area contributed by atoms with Crippen LogP contribution in [0.25, 0.3) is 0 Å². The Balaban J connectivity index is 2.24. The van der Waals surface area contributed by atoms with Gasteiger partial charge in [-0.15, -0.1) is 0 Å². The Labute approximate surface area is 116 Å². The van der Waals surface area contributed by atoms with E-state index < -0.39 is 0 Å². The van der Waals surface area contributed by atoms with Gasteiger partial charge in [-0.2, -0.15) is 0 Å². The molecule has 1 fully saturated rings. The quantitative estimate of drug-likeness (QED) is 0.883. The lowest BCUT2D eigenvalue weighted by molar-refractivity contribution is 0.246. The van der Waals surface area contributed by atoms with Crippen LogP contribution in [0.2, 0.25) is 0 Å². The maximum atomic E-state index is 5.55. The van der Waals surface area contributed by atoms with Gasteiger partial charge in [0.05, 0.1) is 7.11 Å². The largest absolute Gasteiger partial charge is 0.496 e. The smallest absolute Gasteiger partial charge is 0.123 e. The van der Waals surface area contributed by atoms with Crippen LogP contribution in [-0.2, 0) is 0 Å². The first-order valence-electron chi connectivity index (χ1n) is 7.13. The van der Waals surface area contributed by atoms with Crippen molar-refractivity contribution >= 4 is 0 Å². The zero-order chi connectivity index (χ0) is 13.8. The number of hydrogen-bond acceptors (Lipinski definition) is 3. The maximum Gasteiger partial charge on any atom is 0.123 e. The fourth-order valence-corrected chi connectivity index (χ4v) is 2.96. The molecule has 1 saturated heterocycles. The number of nitrogens with one attached hydrogen (secondary N) is 1. The van der Waals surface area contributed by atoms with Gasteiger partial charge in [0.25, 0.3) is 0 Å². The topological polar surface area (TPSA) is 24.5 Å². The Bertz CT molecular complexity index is 411. The van der Waals surface area contributed by atoms with Crippen LogP contribution in [0.5, 0.6) is 5.75 Å². The zero-order valence-electron chi connectivity index (χ0n) is 12.6. The van der Waals surface area contributed by atoms with Gasteiger partial charge in [-0.05, 0) is 58.9 Å². The molecule has 0 aliphatic carbocycles. The minimum Gasteiger partial charge on any atom is -0.496 e. The van der Waals surface area contributed by atoms with E-state index in [0.717, 1.165) is 24.8 Å². The first-order chi connectivity index (χ1) is 9.11. The molecule has 2 atom stereocenters. The van der Waals surface area contributed by atoms with E-state index in [1.807, 2.05) is 0 Å². The molecule has 1 aromatic carbocycles. The lowest BCUT2D eigenvalue weighted by Gasteiger charge is -2.28. The molecule has 1 heterocycles. The van der Waals surface area contributed by atoms with Crippen molar-refractivity contribution in [3.63, 3.8) is 0 Å². The summed E-state index contributed by atoms with van der Waals surface area (Å²) in [5.74, 6) is 1.79. The van der Waals surface area contributed by atoms with Crippen molar-refractivity contribution in [1.29, 1.82) is 0 Å². The van der Waals surface area contributed by atoms with E-state index in [4.69, 9.17) is 4.74 Å². The fourth-order valence-electron chi connectivity index (χ4n) is 2.96. The average Bonchev–Trinajstić information content (AvgIpc) is 2.88. The number of nitrogens with zero attached hydrogens (tertiary/aromatic N) is 1. The van der Waals surface area contributed by atoms with Crippen LogP contribution in [0.1, 0.15) is 30.0 Å². The van der Waals surface area contributed by atoms with E-state index in [1.165, 1.54) is 24.0 Å². The Morgan fingerprint density at radius 3 is 2.79 bits per heavy atom. The molecular weight excluding hydrogens is 236 g/mol. The maximum absolute atomic E-state index is 5.55. The molecule has 19 heavy (non-hydrogen) atoms. The van der Waals surface area contributed by atoms with Crippen molar-refractivity contribution < 1.29 is 4.74 Å². The Morgan fingerprint density at radius 1 is 1.42 bits per heavy atom. The molecule has 1 aromatic rings. The van der Waals surface area contributed by atoms with Gasteiger partial charge in [-0.1, -0.05) is 17.7 Å². The van der Waals surface area contributed by atoms with Crippen molar-refractivity contribution in [2.24, 2.45) is 5.92 Å². The van der Waals surface area contributed by atoms with Crippen LogP contribution >= 0.6 is 0 Å². The van der Waals surface area contributed by atoms with Gasteiger partial charge in [0.2, 0.25) is 0 Å². The van der Waals surface area contributed by atoms with E-state index in [0.29, 0.717) is 6.04 Å². The monoisotopic (exact) mass is 262 g/mol. The summed E-state index contributed by atoms with van der Waals surface area (Å²) in [5.41, 5.74) is 2.62. The second-order valence-electron chi connectivity index (χ2n) is 5.82. The van der Waals surface area contributed by atoms with Crippen molar-refractivity contribution in [1.82, 2.24) is 10.2 Å². The molecule has 3 heteroatoms. The summed E-state index contributed by atoms with van der Waals surface area (Å²) < 4.78 is 5.55. The molecule has 1 N–H and O–H groups in total. The second-order valence-corrected chi connectivity index (χ2v) is 5.82. The zero-order valence-corrected chi connectivity index (χ0v) is 12.6. The summed E-state index contributed by atoms with van der Waals surface area (Å²) in [4.78, 5) is 2.32. The van der Waals surface area contributed by atoms with Crippen molar-refractivity contribution in [2.75, 3.05) is 34.3 Å². The van der Waals surface area contributed by atoms with Crippen molar-refractivity contribution in [3.8, 4) is 5.75 Å². The highest BCUT2D eigenvalue weighted by Crippen LogP contribution is 2.34. The minimum absolute atomic E-state index is 0.430. The number of hydrogen-bond donors (Lipinski definition) is 1. The minimum atomic E-state index is 0.430. The highest BCUT2D eigenvalue weighted by molar-refractivity contribution is 5.39. The molecule has 1 aliphatic rings. The van der Waals surface area contributed by atoms with Crippen LogP contribution in [0, 0.1) is 12.8 Å². The highest BCUT2D eigenvalue weighted by atomic mass is 16.5. The summed E-state index contributed by atoms with van der Waals surface area (Å²) >= 11 is 0. The number of methoxy groups -OCH3 is 1. The molecule has 3 nitrogen and oxygen atoms in total. The number of benzene rings is 1. The SMILES string of the molecule is COc1ccc(C)cc1C(CC1CCNC1)N(C)C. The number of rotatable bonds is 5. The summed E-state index contributed by atoms with van der Waals surface area (Å²) in [6.45, 7) is 4.46. The Hall–Kier alpha value is -1.06. The summed E-state index contributed by atoms with van der Waals surface area (Å²) in [7, 11) is 6.08. The number of ether oxygens (including phenoxy) is 1. The van der Waals surface area contributed by atoms with Gasteiger partial charge in [-0.25, -0.2) is 0 Å². The third-order valence-electron chi connectivity index (χ3n) is 4.09. The van der Waals surface area contributed by atoms with Crippen LogP contribution in [0.15, 0.2) is 18.2 Å². The molecule has 0 spiro atoms. The molecule has 106 valence electrons. The van der Waals surface area contributed by atoms with Crippen LogP contribution in [-0.4, -0.2) is 39.2 Å². The van der Waals surface area contributed by atoms with Gasteiger partial charge in [0, 0.05) is 11.6 Å². The van der Waals surface area contributed by atoms with Gasteiger partial charge in [-0.3, -0.25) is 0 Å². The summed E-state index contributed by atoms with van der Waals surface area (Å²) in [6.07, 6.45) is 2.48. The molecule has 0 bridgehead atoms. The standard InChI is InChI=1S/C16H26N2O/c1-12-5-6-16(19-4)14(9-12)15(18(2)3)10-13-7-8-17-11-13/h5-6,9,13,15,17H,7-8,10-11H2,1-4H3. The van der Waals surface area contributed by atoms with Crippen LogP contribution < -0.4 is 10.1 Å². The van der Waals surface area contributed by atoms with Gasteiger partial charge in [0.15, 0.2) is 0 Å². The van der Waals surface area contributed by atoms with E-state index in [-0.39, 0.29) is 0 Å². The predicted molar refractivity (Wildman–Crippen MR) is 79.8 cm³/mol. The Morgan fingerprint density at radius 2 is 2.21 bits per heavy atom. The average molecular weight is 262 g/mol. The lowest BCUT2D eigenvalue weighted by atomic mass is 9.92. The van der Waals surface area contributed by atoms with E-state index in [1.54, 1.807) is 7.11 Å². The summed E-state index contributed by atoms with van der Waals surface area (Å²) in [6, 6.07) is 6.91. The third kappa shape index (κ3) is 3.48. The molecule has 0 saturated carbocycles. The first-order valence-corrected chi connectivity index (χ1v) is 7.13. The highest BCUT2D eigenvalue weighted by Gasteiger charge is 2.24. The summed E-state index contributed by atoms with van der Waals surface area (Å²) in [5, 5.41) is 3.46. The van der Waals surface area contributed by atoms with E-state index in [2.05, 4.69) is 49.4 Å². The first kappa shape index (κ1) is 14.4. The van der Waals surface area contributed by atoms with Crippen LogP contribution in [0.3, 0.4) is 0 Å². The van der Waals surface area contributed by atoms with Crippen molar-refractivity contribution in [2.45, 2.75) is 25.8 Å². The molecule has 0 aromatic heterocycles. The number of aryl methyl sites for hydroxylation is 1. The fraction of sp³-hybridized carbons (Fsp3) is 0.625. The molecule has 2 rings (SSSR count). The van der Waals surface area contributed by atoms with E-state index >= 15 is 0 Å². The van der Waals surface area contributed by atoms with Gasteiger partial charge in [0.1, 0.15) is 5.75 Å². The van der Waals surface area contributed by atoms with Crippen LogP contribution in [0.4, 0.5) is 0 Å². The molecule has 2 unspecified atom stereocenters. The van der Waals surface area contributed by atoms with Gasteiger partial charge >= 0.3 is 0 Å². The molecule has 1 aliphatic heterocycles. The lowest BCUT2D eigenvalue weighted by Crippen LogP contribution is -2.24. The molecule has 0 radical (unpaired) electrons. The normalized spacial score (nSPS) is 20.8. The van der Waals surface area contributed by atoms with Crippen molar-refractivity contribution in [3.05, 3.63) is 29.3 Å². The molecule has 0 amide bonds. The Kier molecular flexibility index (Phi) is 4.83. The predicted octanol–water partition coefficient (Wildman–Crippen LogP) is 2.61.